The van der Waals surface area contributed by atoms with Gasteiger partial charge in [-0.1, -0.05) is 36.4 Å². The molecule has 3 heterocycles. The van der Waals surface area contributed by atoms with Crippen molar-refractivity contribution in [2.24, 2.45) is 5.92 Å². The molecule has 1 N–H and O–H groups in total. The molecule has 3 unspecified atom stereocenters. The molecular formula is C20H24N2O2. The molecule has 0 saturated carbocycles. The van der Waals surface area contributed by atoms with E-state index < -0.39 is 0 Å². The minimum atomic E-state index is -0.343. The zero-order valence-corrected chi connectivity index (χ0v) is 13.8. The summed E-state index contributed by atoms with van der Waals surface area (Å²) >= 11 is 0. The highest BCUT2D eigenvalue weighted by Gasteiger charge is 2.34. The minimum absolute atomic E-state index is 0.125. The number of pyridine rings is 1. The highest BCUT2D eigenvalue weighted by molar-refractivity contribution is 5.18. The number of aromatic nitrogens is 1. The highest BCUT2D eigenvalue weighted by atomic mass is 16.3. The van der Waals surface area contributed by atoms with E-state index in [2.05, 4.69) is 23.1 Å². The Labute approximate surface area is 142 Å². The number of likely N-dealkylation sites (tertiary alicyclic amines) is 1. The second-order valence-corrected chi connectivity index (χ2v) is 7.26. The minimum Gasteiger partial charge on any atom is -0.391 e. The summed E-state index contributed by atoms with van der Waals surface area (Å²) in [5.74, 6) is 0.926. The molecule has 1 fully saturated rings. The third-order valence-corrected chi connectivity index (χ3v) is 5.34. The van der Waals surface area contributed by atoms with Crippen LogP contribution in [0.2, 0.25) is 0 Å². The number of nitrogens with zero attached hydrogens (tertiary/aromatic N) is 2. The van der Waals surface area contributed by atoms with Crippen LogP contribution < -0.4 is 5.56 Å². The predicted molar refractivity (Wildman–Crippen MR) is 94.1 cm³/mol. The van der Waals surface area contributed by atoms with Crippen molar-refractivity contribution in [3.63, 3.8) is 0 Å². The monoisotopic (exact) mass is 324 g/mol. The Kier molecular flexibility index (Phi) is 4.25. The largest absolute Gasteiger partial charge is 0.391 e. The Hall–Kier alpha value is -1.91. The van der Waals surface area contributed by atoms with E-state index in [1.807, 2.05) is 28.8 Å². The summed E-state index contributed by atoms with van der Waals surface area (Å²) in [6.07, 6.45) is 1.52. The first-order chi connectivity index (χ1) is 11.7. The van der Waals surface area contributed by atoms with E-state index in [9.17, 15) is 9.90 Å². The lowest BCUT2D eigenvalue weighted by molar-refractivity contribution is 0.0626. The molecule has 0 spiro atoms. The summed E-state index contributed by atoms with van der Waals surface area (Å²) in [5, 5.41) is 10.5. The molecule has 2 aromatic rings. The molecule has 1 aromatic heterocycles. The van der Waals surface area contributed by atoms with Gasteiger partial charge in [-0.2, -0.15) is 0 Å². The van der Waals surface area contributed by atoms with Crippen LogP contribution in [-0.2, 0) is 13.0 Å². The fraction of sp³-hybridized carbons (Fsp3) is 0.450. The molecular weight excluding hydrogens is 300 g/mol. The van der Waals surface area contributed by atoms with E-state index in [1.54, 1.807) is 6.07 Å². The molecule has 0 amide bonds. The van der Waals surface area contributed by atoms with Gasteiger partial charge in [-0.15, -0.1) is 0 Å². The van der Waals surface area contributed by atoms with E-state index in [1.165, 1.54) is 11.3 Å². The zero-order valence-electron chi connectivity index (χ0n) is 13.8. The number of β-amino-alcohol motifs (C(OH)–C–C–N with tert-alkyl or cyclic N) is 1. The van der Waals surface area contributed by atoms with Crippen molar-refractivity contribution in [1.29, 1.82) is 0 Å². The summed E-state index contributed by atoms with van der Waals surface area (Å²) < 4.78 is 1.95. The van der Waals surface area contributed by atoms with Crippen LogP contribution in [-0.4, -0.2) is 40.3 Å². The molecule has 2 bridgehead atoms. The first kappa shape index (κ1) is 15.6. The normalized spacial score (nSPS) is 24.4. The van der Waals surface area contributed by atoms with Crippen LogP contribution in [0.4, 0.5) is 0 Å². The third kappa shape index (κ3) is 3.17. The fourth-order valence-electron chi connectivity index (χ4n) is 4.39. The standard InChI is InChI=1S/C20H24N2O2/c23-18(10-15-5-2-1-3-6-15)14-21-11-16-9-17(13-21)19-7-4-8-20(24)22(19)12-16/h1-8,16-18,23H,9-14H2. The SMILES string of the molecule is O=c1cccc2n1CC1CC2CN(CC(O)Cc2ccccc2)C1. The first-order valence-corrected chi connectivity index (χ1v) is 8.83. The van der Waals surface area contributed by atoms with E-state index >= 15 is 0 Å². The quantitative estimate of drug-likeness (QED) is 0.934. The van der Waals surface area contributed by atoms with E-state index in [0.717, 1.165) is 26.1 Å². The maximum Gasteiger partial charge on any atom is 0.250 e. The Morgan fingerprint density at radius 1 is 1.04 bits per heavy atom. The molecule has 126 valence electrons. The molecule has 4 rings (SSSR count). The number of aliphatic hydroxyl groups excluding tert-OH is 1. The number of hydrogen-bond acceptors (Lipinski definition) is 3. The Morgan fingerprint density at radius 3 is 2.71 bits per heavy atom. The van der Waals surface area contributed by atoms with Gasteiger partial charge in [0.1, 0.15) is 0 Å². The van der Waals surface area contributed by atoms with Gasteiger partial charge < -0.3 is 9.67 Å². The number of fused-ring (bicyclic) bond motifs is 4. The van der Waals surface area contributed by atoms with Crippen LogP contribution in [0.15, 0.2) is 53.3 Å². The second-order valence-electron chi connectivity index (χ2n) is 7.26. The van der Waals surface area contributed by atoms with Gasteiger partial charge in [0.2, 0.25) is 0 Å². The average molecular weight is 324 g/mol. The van der Waals surface area contributed by atoms with Crippen molar-refractivity contribution >= 4 is 0 Å². The molecule has 1 saturated heterocycles. The molecule has 2 aliphatic heterocycles. The van der Waals surface area contributed by atoms with Crippen LogP contribution >= 0.6 is 0 Å². The maximum atomic E-state index is 12.1. The van der Waals surface area contributed by atoms with Crippen molar-refractivity contribution in [2.45, 2.75) is 31.4 Å². The van der Waals surface area contributed by atoms with Crippen LogP contribution in [0.5, 0.6) is 0 Å². The molecule has 2 aliphatic rings. The Morgan fingerprint density at radius 2 is 1.88 bits per heavy atom. The van der Waals surface area contributed by atoms with Crippen molar-refractivity contribution in [3.05, 3.63) is 70.1 Å². The van der Waals surface area contributed by atoms with Gasteiger partial charge in [0.15, 0.2) is 0 Å². The van der Waals surface area contributed by atoms with E-state index in [0.29, 0.717) is 24.8 Å². The second kappa shape index (κ2) is 6.54. The predicted octanol–water partition coefficient (Wildman–Crippen LogP) is 1.87. The van der Waals surface area contributed by atoms with Gasteiger partial charge in [-0.3, -0.25) is 9.69 Å². The summed E-state index contributed by atoms with van der Waals surface area (Å²) in [5.41, 5.74) is 2.47. The third-order valence-electron chi connectivity index (χ3n) is 5.34. The molecule has 4 heteroatoms. The lowest BCUT2D eigenvalue weighted by atomic mass is 9.83. The smallest absolute Gasteiger partial charge is 0.250 e. The Balaban J connectivity index is 1.43. The summed E-state index contributed by atoms with van der Waals surface area (Å²) in [4.78, 5) is 14.4. The summed E-state index contributed by atoms with van der Waals surface area (Å²) in [6.45, 7) is 3.44. The maximum absolute atomic E-state index is 12.1. The first-order valence-electron chi connectivity index (χ1n) is 8.83. The molecule has 24 heavy (non-hydrogen) atoms. The number of rotatable bonds is 4. The fourth-order valence-corrected chi connectivity index (χ4v) is 4.39. The van der Waals surface area contributed by atoms with Gasteiger partial charge in [-0.05, 0) is 30.4 Å². The zero-order chi connectivity index (χ0) is 16.5. The molecule has 4 nitrogen and oxygen atoms in total. The van der Waals surface area contributed by atoms with Crippen molar-refractivity contribution in [1.82, 2.24) is 9.47 Å². The van der Waals surface area contributed by atoms with Crippen LogP contribution in [0, 0.1) is 5.92 Å². The topological polar surface area (TPSA) is 45.5 Å². The summed E-state index contributed by atoms with van der Waals surface area (Å²) in [6, 6.07) is 15.8. The lowest BCUT2D eigenvalue weighted by Crippen LogP contribution is -2.49. The van der Waals surface area contributed by atoms with Gasteiger partial charge >= 0.3 is 0 Å². The van der Waals surface area contributed by atoms with Gasteiger partial charge in [0.25, 0.3) is 5.56 Å². The summed E-state index contributed by atoms with van der Waals surface area (Å²) in [7, 11) is 0. The van der Waals surface area contributed by atoms with E-state index in [-0.39, 0.29) is 11.7 Å². The van der Waals surface area contributed by atoms with Gasteiger partial charge in [0.05, 0.1) is 6.10 Å². The highest BCUT2D eigenvalue weighted by Crippen LogP contribution is 2.34. The average Bonchev–Trinajstić information content (AvgIpc) is 2.56. The van der Waals surface area contributed by atoms with Gasteiger partial charge in [-0.25, -0.2) is 0 Å². The molecule has 1 aromatic carbocycles. The number of hydrogen-bond donors (Lipinski definition) is 1. The van der Waals surface area contributed by atoms with E-state index in [4.69, 9.17) is 0 Å². The molecule has 0 aliphatic carbocycles. The van der Waals surface area contributed by atoms with Crippen LogP contribution in [0.3, 0.4) is 0 Å². The van der Waals surface area contributed by atoms with Gasteiger partial charge in [0, 0.05) is 43.9 Å². The van der Waals surface area contributed by atoms with Crippen LogP contribution in [0.25, 0.3) is 0 Å². The number of aliphatic hydroxyl groups is 1. The molecule has 3 atom stereocenters. The molecule has 0 radical (unpaired) electrons. The Bertz CT molecular complexity index is 756. The van der Waals surface area contributed by atoms with Crippen molar-refractivity contribution < 1.29 is 5.11 Å². The lowest BCUT2D eigenvalue weighted by Gasteiger charge is -2.43. The number of piperidine rings is 1. The number of benzene rings is 1. The van der Waals surface area contributed by atoms with Crippen LogP contribution in [0.1, 0.15) is 23.6 Å². The van der Waals surface area contributed by atoms with Crippen molar-refractivity contribution in [2.75, 3.05) is 19.6 Å². The van der Waals surface area contributed by atoms with Crippen molar-refractivity contribution in [3.8, 4) is 0 Å².